The van der Waals surface area contributed by atoms with Crippen LogP contribution in [0, 0.1) is 0 Å². The highest BCUT2D eigenvalue weighted by Crippen LogP contribution is 2.15. The van der Waals surface area contributed by atoms with E-state index in [1.54, 1.807) is 0 Å². The lowest BCUT2D eigenvalue weighted by Gasteiger charge is -2.32. The molecule has 0 aliphatic carbocycles. The molecule has 0 rings (SSSR count). The third-order valence-electron chi connectivity index (χ3n) is 9.51. The molecule has 0 spiro atoms. The predicted molar refractivity (Wildman–Crippen MR) is 184 cm³/mol. The molecule has 0 aromatic rings. The first kappa shape index (κ1) is 39.9. The molecule has 0 aliphatic heterocycles. The van der Waals surface area contributed by atoms with Crippen LogP contribution in [0.5, 0.6) is 0 Å². The van der Waals surface area contributed by atoms with Gasteiger partial charge in [-0.25, -0.2) is 0 Å². The first-order chi connectivity index (χ1) is 19.3. The zero-order valence-electron chi connectivity index (χ0n) is 29.5. The van der Waals surface area contributed by atoms with Gasteiger partial charge >= 0.3 is 0 Å². The highest BCUT2D eigenvalue weighted by atomic mass is 15.3. The van der Waals surface area contributed by atoms with E-state index in [1.165, 1.54) is 215 Å². The fourth-order valence-corrected chi connectivity index (χ4v) is 6.42. The molecule has 0 aromatic carbocycles. The fraction of sp³-hybridized carbons (Fsp3) is 1.00. The summed E-state index contributed by atoms with van der Waals surface area (Å²) < 4.78 is 2.45. The van der Waals surface area contributed by atoms with Crippen LogP contribution in [-0.2, 0) is 0 Å². The topological polar surface area (TPSA) is 0 Å². The molecular formula is C38H82N2+2. The second-order valence-corrected chi connectivity index (χ2v) is 15.0. The van der Waals surface area contributed by atoms with E-state index in [1.807, 2.05) is 0 Å². The predicted octanol–water partition coefficient (Wildman–Crippen LogP) is 12.1. The molecule has 0 atom stereocenters. The van der Waals surface area contributed by atoms with Crippen molar-refractivity contribution in [1.82, 2.24) is 0 Å². The lowest BCUT2D eigenvalue weighted by atomic mass is 10.0. The van der Waals surface area contributed by atoms with E-state index in [2.05, 4.69) is 42.0 Å². The molecule has 0 aliphatic rings. The molecule has 2 nitrogen and oxygen atoms in total. The minimum Gasteiger partial charge on any atom is -0.328 e. The average Bonchev–Trinajstić information content (AvgIpc) is 2.92. The van der Waals surface area contributed by atoms with Gasteiger partial charge in [-0.3, -0.25) is 0 Å². The van der Waals surface area contributed by atoms with Crippen molar-refractivity contribution in [1.29, 1.82) is 0 Å². The molecule has 0 unspecified atom stereocenters. The summed E-state index contributed by atoms with van der Waals surface area (Å²) in [5.41, 5.74) is 0. The summed E-state index contributed by atoms with van der Waals surface area (Å²) in [5, 5.41) is 0. The van der Waals surface area contributed by atoms with Crippen LogP contribution in [0.15, 0.2) is 0 Å². The van der Waals surface area contributed by atoms with Gasteiger partial charge < -0.3 is 8.97 Å². The van der Waals surface area contributed by atoms with Gasteiger partial charge in [-0.15, -0.1) is 0 Å². The number of quaternary nitrogens is 2. The van der Waals surface area contributed by atoms with Gasteiger partial charge in [0.05, 0.1) is 54.4 Å². The van der Waals surface area contributed by atoms with Crippen molar-refractivity contribution in [3.63, 3.8) is 0 Å². The lowest BCUT2D eigenvalue weighted by molar-refractivity contribution is -0.897. The zero-order valence-corrected chi connectivity index (χ0v) is 29.5. The molecule has 2 heteroatoms. The first-order valence-corrected chi connectivity index (χ1v) is 19.0. The van der Waals surface area contributed by atoms with Crippen LogP contribution in [0.3, 0.4) is 0 Å². The Hall–Kier alpha value is -0.0800. The Kier molecular flexibility index (Phi) is 29.0. The van der Waals surface area contributed by atoms with Crippen molar-refractivity contribution < 1.29 is 8.97 Å². The third kappa shape index (κ3) is 30.9. The van der Waals surface area contributed by atoms with E-state index in [9.17, 15) is 0 Å². The Morgan fingerprint density at radius 3 is 0.575 bits per heavy atom. The van der Waals surface area contributed by atoms with Crippen LogP contribution >= 0.6 is 0 Å². The number of unbranched alkanes of at least 4 members (excludes halogenated alkanes) is 25. The van der Waals surface area contributed by atoms with Crippen molar-refractivity contribution in [3.8, 4) is 0 Å². The van der Waals surface area contributed by atoms with Gasteiger partial charge in [0, 0.05) is 12.8 Å². The smallest absolute Gasteiger partial charge is 0.0784 e. The van der Waals surface area contributed by atoms with Gasteiger partial charge in [-0.05, 0) is 25.7 Å². The standard InChI is InChI=1S/C38H82N2/c1-7-9-11-13-15-17-19-21-23-25-27-29-31-35-39(3,4)37-33-34-38-40(5,6)36-32-30-28-26-24-22-20-18-16-14-12-10-8-2/h7-38H2,1-6H3/q+2. The lowest BCUT2D eigenvalue weighted by Crippen LogP contribution is -2.43. The molecule has 0 N–H and O–H groups in total. The first-order valence-electron chi connectivity index (χ1n) is 19.0. The highest BCUT2D eigenvalue weighted by molar-refractivity contribution is 4.51. The Bertz CT molecular complexity index is 440. The third-order valence-corrected chi connectivity index (χ3v) is 9.51. The summed E-state index contributed by atoms with van der Waals surface area (Å²) >= 11 is 0. The summed E-state index contributed by atoms with van der Waals surface area (Å²) in [4.78, 5) is 0. The largest absolute Gasteiger partial charge is 0.328 e. The Morgan fingerprint density at radius 2 is 0.375 bits per heavy atom. The van der Waals surface area contributed by atoms with E-state index < -0.39 is 0 Å². The van der Waals surface area contributed by atoms with Crippen LogP contribution in [0.2, 0.25) is 0 Å². The number of hydrogen-bond donors (Lipinski definition) is 0. The van der Waals surface area contributed by atoms with Gasteiger partial charge in [-0.2, -0.15) is 0 Å². The fourth-order valence-electron chi connectivity index (χ4n) is 6.42. The summed E-state index contributed by atoms with van der Waals surface area (Å²) in [6.45, 7) is 10.1. The van der Waals surface area contributed by atoms with Gasteiger partial charge in [0.1, 0.15) is 0 Å². The molecule has 0 fully saturated rings. The maximum atomic E-state index is 2.47. The summed E-state index contributed by atoms with van der Waals surface area (Å²) in [6.07, 6.45) is 40.6. The van der Waals surface area contributed by atoms with Gasteiger partial charge in [-0.1, -0.05) is 155 Å². The number of rotatable bonds is 33. The second kappa shape index (κ2) is 29.0. The van der Waals surface area contributed by atoms with Gasteiger partial charge in [0.25, 0.3) is 0 Å². The SMILES string of the molecule is CCCCCCCCCCCCCCC[N+](C)(C)CCCC[N+](C)(C)CCCCCCCCCCCCCCC. The van der Waals surface area contributed by atoms with E-state index >= 15 is 0 Å². The Balaban J connectivity index is 3.52. The van der Waals surface area contributed by atoms with Crippen molar-refractivity contribution in [2.75, 3.05) is 54.4 Å². The maximum absolute atomic E-state index is 2.47. The number of nitrogens with zero attached hydrogens (tertiary/aromatic N) is 2. The summed E-state index contributed by atoms with van der Waals surface area (Å²) in [7, 11) is 9.87. The van der Waals surface area contributed by atoms with E-state index in [-0.39, 0.29) is 0 Å². The normalized spacial score (nSPS) is 12.4. The summed E-state index contributed by atoms with van der Waals surface area (Å²) in [5.74, 6) is 0. The second-order valence-electron chi connectivity index (χ2n) is 15.0. The van der Waals surface area contributed by atoms with E-state index in [0.29, 0.717) is 0 Å². The van der Waals surface area contributed by atoms with Crippen LogP contribution < -0.4 is 0 Å². The van der Waals surface area contributed by atoms with Crippen LogP contribution in [-0.4, -0.2) is 63.3 Å². The zero-order chi connectivity index (χ0) is 29.6. The van der Waals surface area contributed by atoms with Crippen molar-refractivity contribution in [3.05, 3.63) is 0 Å². The highest BCUT2D eigenvalue weighted by Gasteiger charge is 2.17. The van der Waals surface area contributed by atoms with E-state index in [4.69, 9.17) is 0 Å². The van der Waals surface area contributed by atoms with Crippen LogP contribution in [0.1, 0.15) is 194 Å². The molecule has 40 heavy (non-hydrogen) atoms. The van der Waals surface area contributed by atoms with Crippen LogP contribution in [0.4, 0.5) is 0 Å². The molecular weight excluding hydrogens is 484 g/mol. The molecule has 242 valence electrons. The van der Waals surface area contributed by atoms with Gasteiger partial charge in [0.2, 0.25) is 0 Å². The molecule has 0 aromatic heterocycles. The van der Waals surface area contributed by atoms with Crippen molar-refractivity contribution in [2.24, 2.45) is 0 Å². The summed E-state index contributed by atoms with van der Waals surface area (Å²) in [6, 6.07) is 0. The number of hydrogen-bond acceptors (Lipinski definition) is 0. The van der Waals surface area contributed by atoms with Crippen LogP contribution in [0.25, 0.3) is 0 Å². The Labute approximate surface area is 256 Å². The molecule has 0 heterocycles. The minimum atomic E-state index is 1.23. The molecule has 0 amide bonds. The monoisotopic (exact) mass is 567 g/mol. The average molecular weight is 567 g/mol. The molecule has 0 radical (unpaired) electrons. The maximum Gasteiger partial charge on any atom is 0.0784 e. The van der Waals surface area contributed by atoms with Crippen molar-refractivity contribution in [2.45, 2.75) is 194 Å². The molecule has 0 saturated carbocycles. The minimum absolute atomic E-state index is 1.23. The quantitative estimate of drug-likeness (QED) is 0.0547. The molecule has 0 bridgehead atoms. The van der Waals surface area contributed by atoms with Crippen molar-refractivity contribution >= 4 is 0 Å². The van der Waals surface area contributed by atoms with Gasteiger partial charge in [0.15, 0.2) is 0 Å². The Morgan fingerprint density at radius 1 is 0.225 bits per heavy atom. The van der Waals surface area contributed by atoms with E-state index in [0.717, 1.165) is 0 Å². The molecule has 0 saturated heterocycles.